The van der Waals surface area contributed by atoms with E-state index in [1.165, 1.54) is 0 Å². The lowest BCUT2D eigenvalue weighted by atomic mass is 10.1. The number of hydrogen-bond acceptors (Lipinski definition) is 1. The molecule has 2 N–H and O–H groups in total. The highest BCUT2D eigenvalue weighted by Gasteiger charge is 2.27. The van der Waals surface area contributed by atoms with Gasteiger partial charge in [-0.3, -0.25) is 0 Å². The van der Waals surface area contributed by atoms with Crippen LogP contribution in [0.25, 0.3) is 0 Å². The van der Waals surface area contributed by atoms with E-state index >= 15 is 0 Å². The number of benzene rings is 1. The maximum absolute atomic E-state index is 11.9. The number of nitrogens with one attached hydrogen (secondary N) is 2. The number of urea groups is 1. The van der Waals surface area contributed by atoms with Crippen molar-refractivity contribution < 1.29 is 18.0 Å². The Morgan fingerprint density at radius 1 is 1.29 bits per heavy atom. The Bertz CT molecular complexity index is 416. The second-order valence-corrected chi connectivity index (χ2v) is 3.74. The summed E-state index contributed by atoms with van der Waals surface area (Å²) >= 11 is 0. The molecule has 0 radical (unpaired) electrons. The molecule has 94 valence electrons. The third-order valence-electron chi connectivity index (χ3n) is 2.09. The summed E-state index contributed by atoms with van der Waals surface area (Å²) in [6.45, 7) is 2.25. The Hall–Kier alpha value is -1.72. The number of anilines is 1. The molecule has 0 unspecified atom stereocenters. The van der Waals surface area contributed by atoms with Gasteiger partial charge in [-0.1, -0.05) is 12.1 Å². The lowest BCUT2D eigenvalue weighted by Gasteiger charge is -2.11. The zero-order valence-corrected chi connectivity index (χ0v) is 9.48. The monoisotopic (exact) mass is 246 g/mol. The van der Waals surface area contributed by atoms with Crippen molar-refractivity contribution in [3.63, 3.8) is 0 Å². The average Bonchev–Trinajstić information content (AvgIpc) is 2.20. The van der Waals surface area contributed by atoms with Crippen molar-refractivity contribution in [1.29, 1.82) is 0 Å². The van der Waals surface area contributed by atoms with Crippen molar-refractivity contribution >= 4 is 11.7 Å². The third-order valence-corrected chi connectivity index (χ3v) is 2.09. The van der Waals surface area contributed by atoms with Crippen molar-refractivity contribution in [3.8, 4) is 0 Å². The Balaban J connectivity index is 2.59. The van der Waals surface area contributed by atoms with Crippen LogP contribution < -0.4 is 10.6 Å². The predicted octanol–water partition coefficient (Wildman–Crippen LogP) is 2.99. The smallest absolute Gasteiger partial charge is 0.329 e. The van der Waals surface area contributed by atoms with Gasteiger partial charge in [0, 0.05) is 5.69 Å². The number of aryl methyl sites for hydroxylation is 2. The standard InChI is InChI=1S/C11H13F3N2O/c1-7-3-4-8(2)9(5-7)16-10(17)15-6-11(12,13)14/h3-5H,6H2,1-2H3,(H2,15,16,17). The summed E-state index contributed by atoms with van der Waals surface area (Å²) in [5.74, 6) is 0. The van der Waals surface area contributed by atoms with Gasteiger partial charge in [0.25, 0.3) is 0 Å². The largest absolute Gasteiger partial charge is 0.405 e. The van der Waals surface area contributed by atoms with Crippen LogP contribution >= 0.6 is 0 Å². The second kappa shape index (κ2) is 5.07. The molecule has 1 rings (SSSR count). The van der Waals surface area contributed by atoms with E-state index in [0.717, 1.165) is 11.1 Å². The summed E-state index contributed by atoms with van der Waals surface area (Å²) in [4.78, 5) is 11.2. The molecule has 0 fully saturated rings. The van der Waals surface area contributed by atoms with Crippen LogP contribution in [0.4, 0.5) is 23.7 Å². The molecule has 0 bridgehead atoms. The number of carbonyl (C=O) groups is 1. The van der Waals surface area contributed by atoms with Gasteiger partial charge in [0.2, 0.25) is 0 Å². The minimum absolute atomic E-state index is 0.504. The van der Waals surface area contributed by atoms with Gasteiger partial charge in [0.15, 0.2) is 0 Å². The Labute approximate surface area is 97.0 Å². The zero-order valence-electron chi connectivity index (χ0n) is 9.48. The van der Waals surface area contributed by atoms with E-state index in [0.29, 0.717) is 5.69 Å². The summed E-state index contributed by atoms with van der Waals surface area (Å²) < 4.78 is 35.6. The van der Waals surface area contributed by atoms with Gasteiger partial charge >= 0.3 is 12.2 Å². The highest BCUT2D eigenvalue weighted by Crippen LogP contribution is 2.16. The number of alkyl halides is 3. The molecular formula is C11H13F3N2O. The summed E-state index contributed by atoms with van der Waals surface area (Å²) in [5, 5.41) is 4.12. The minimum Gasteiger partial charge on any atom is -0.329 e. The van der Waals surface area contributed by atoms with Crippen LogP contribution in [0.1, 0.15) is 11.1 Å². The molecule has 3 nitrogen and oxygen atoms in total. The van der Waals surface area contributed by atoms with Gasteiger partial charge < -0.3 is 10.6 Å². The highest BCUT2D eigenvalue weighted by molar-refractivity contribution is 5.90. The second-order valence-electron chi connectivity index (χ2n) is 3.74. The van der Waals surface area contributed by atoms with Crippen LogP contribution in [-0.2, 0) is 0 Å². The highest BCUT2D eigenvalue weighted by atomic mass is 19.4. The molecule has 0 aliphatic heterocycles. The molecule has 0 spiro atoms. The van der Waals surface area contributed by atoms with Crippen molar-refractivity contribution in [3.05, 3.63) is 29.3 Å². The molecule has 0 saturated carbocycles. The first-order chi connectivity index (χ1) is 7.78. The number of carbonyl (C=O) groups excluding carboxylic acids is 1. The maximum Gasteiger partial charge on any atom is 0.405 e. The zero-order chi connectivity index (χ0) is 13.1. The molecule has 0 heterocycles. The first-order valence-corrected chi connectivity index (χ1v) is 4.97. The predicted molar refractivity (Wildman–Crippen MR) is 59.0 cm³/mol. The van der Waals surface area contributed by atoms with Crippen molar-refractivity contribution in [1.82, 2.24) is 5.32 Å². The Morgan fingerprint density at radius 2 is 1.94 bits per heavy atom. The number of amides is 2. The van der Waals surface area contributed by atoms with Gasteiger partial charge in [0.05, 0.1) is 0 Å². The Kier molecular flexibility index (Phi) is 3.98. The fraction of sp³-hybridized carbons (Fsp3) is 0.364. The van der Waals surface area contributed by atoms with Crippen LogP contribution in [0, 0.1) is 13.8 Å². The fourth-order valence-corrected chi connectivity index (χ4v) is 1.22. The van der Waals surface area contributed by atoms with E-state index in [-0.39, 0.29) is 0 Å². The number of hydrogen-bond donors (Lipinski definition) is 2. The molecule has 2 amide bonds. The fourth-order valence-electron chi connectivity index (χ4n) is 1.22. The molecule has 6 heteroatoms. The van der Waals surface area contributed by atoms with Crippen LogP contribution in [0.5, 0.6) is 0 Å². The normalized spacial score (nSPS) is 11.1. The lowest BCUT2D eigenvalue weighted by molar-refractivity contribution is -0.122. The van der Waals surface area contributed by atoms with Crippen molar-refractivity contribution in [2.75, 3.05) is 11.9 Å². The van der Waals surface area contributed by atoms with Crippen molar-refractivity contribution in [2.24, 2.45) is 0 Å². The molecule has 1 aromatic rings. The third kappa shape index (κ3) is 4.76. The van der Waals surface area contributed by atoms with Gasteiger partial charge in [-0.05, 0) is 31.0 Å². The van der Waals surface area contributed by atoms with Crippen LogP contribution in [-0.4, -0.2) is 18.8 Å². The first kappa shape index (κ1) is 13.3. The SMILES string of the molecule is Cc1ccc(C)c(NC(=O)NCC(F)(F)F)c1. The molecule has 17 heavy (non-hydrogen) atoms. The number of halogens is 3. The summed E-state index contributed by atoms with van der Waals surface area (Å²) in [5.41, 5.74) is 2.21. The molecule has 0 aliphatic carbocycles. The van der Waals surface area contributed by atoms with Gasteiger partial charge in [-0.15, -0.1) is 0 Å². The molecule has 0 aliphatic rings. The topological polar surface area (TPSA) is 41.1 Å². The van der Waals surface area contributed by atoms with Gasteiger partial charge in [-0.2, -0.15) is 13.2 Å². The Morgan fingerprint density at radius 3 is 2.53 bits per heavy atom. The molecule has 0 aromatic heterocycles. The molecule has 0 atom stereocenters. The summed E-state index contributed by atoms with van der Waals surface area (Å²) in [7, 11) is 0. The minimum atomic E-state index is -4.40. The summed E-state index contributed by atoms with van der Waals surface area (Å²) in [6, 6.07) is 4.47. The quantitative estimate of drug-likeness (QED) is 0.827. The van der Waals surface area contributed by atoms with Crippen LogP contribution in [0.3, 0.4) is 0 Å². The van der Waals surface area contributed by atoms with E-state index in [1.54, 1.807) is 24.4 Å². The van der Waals surface area contributed by atoms with Gasteiger partial charge in [0.1, 0.15) is 6.54 Å². The van der Waals surface area contributed by atoms with E-state index in [1.807, 2.05) is 13.0 Å². The van der Waals surface area contributed by atoms with Crippen molar-refractivity contribution in [2.45, 2.75) is 20.0 Å². The van der Waals surface area contributed by atoms with E-state index < -0.39 is 18.8 Å². The van der Waals surface area contributed by atoms with Crippen LogP contribution in [0.2, 0.25) is 0 Å². The van der Waals surface area contributed by atoms with Gasteiger partial charge in [-0.25, -0.2) is 4.79 Å². The lowest BCUT2D eigenvalue weighted by Crippen LogP contribution is -2.36. The molecular weight excluding hydrogens is 233 g/mol. The van der Waals surface area contributed by atoms with E-state index in [2.05, 4.69) is 5.32 Å². The molecule has 1 aromatic carbocycles. The summed E-state index contributed by atoms with van der Waals surface area (Å²) in [6.07, 6.45) is -4.40. The average molecular weight is 246 g/mol. The maximum atomic E-state index is 11.9. The van der Waals surface area contributed by atoms with Crippen LogP contribution in [0.15, 0.2) is 18.2 Å². The van der Waals surface area contributed by atoms with E-state index in [9.17, 15) is 18.0 Å². The van der Waals surface area contributed by atoms with E-state index in [4.69, 9.17) is 0 Å². The number of rotatable bonds is 2. The first-order valence-electron chi connectivity index (χ1n) is 4.97. The molecule has 0 saturated heterocycles.